The molecule has 8 aromatic carbocycles. The van der Waals surface area contributed by atoms with Crippen LogP contribution in [0.1, 0.15) is 235 Å². The molecule has 0 aromatic heterocycles. The van der Waals surface area contributed by atoms with Gasteiger partial charge in [-0.15, -0.1) is 18.7 Å². The van der Waals surface area contributed by atoms with Crippen LogP contribution in [0.5, 0.6) is 0 Å². The summed E-state index contributed by atoms with van der Waals surface area (Å²) in [5.74, 6) is 0. The minimum absolute atomic E-state index is 0.0947. The van der Waals surface area contributed by atoms with Crippen molar-refractivity contribution in [2.75, 3.05) is 0 Å². The third-order valence-corrected chi connectivity index (χ3v) is 82.1. The average molecular weight is 1730 g/mol. The van der Waals surface area contributed by atoms with Crippen molar-refractivity contribution in [3.63, 3.8) is 0 Å². The fourth-order valence-electron chi connectivity index (χ4n) is 17.2. The van der Waals surface area contributed by atoms with Crippen molar-refractivity contribution in [1.82, 2.24) is 18.7 Å². The van der Waals surface area contributed by atoms with Crippen molar-refractivity contribution in [2.24, 2.45) is 0 Å². The van der Waals surface area contributed by atoms with Gasteiger partial charge in [0.2, 0.25) is 0 Å². The zero-order chi connectivity index (χ0) is 87.8. The molecule has 0 N–H and O–H groups in total. The van der Waals surface area contributed by atoms with Gasteiger partial charge in [-0.1, -0.05) is 507 Å². The topological polar surface area (TPSA) is 13.0 Å². The van der Waals surface area contributed by atoms with E-state index in [1.165, 1.54) is 44.5 Å². The molecule has 2 heterocycles. The van der Waals surface area contributed by atoms with E-state index in [1.54, 1.807) is 41.5 Å². The molecule has 4 nitrogen and oxygen atoms in total. The predicted molar refractivity (Wildman–Crippen MR) is 546 cm³/mol. The number of hydrogen-bond donors (Lipinski definition) is 0. The van der Waals surface area contributed by atoms with Gasteiger partial charge in [-0.3, -0.25) is 0 Å². The van der Waals surface area contributed by atoms with Gasteiger partial charge in [-0.05, 0) is 84.8 Å². The van der Waals surface area contributed by atoms with Crippen LogP contribution in [0.15, 0.2) is 194 Å². The summed E-state index contributed by atoms with van der Waals surface area (Å²) in [6.07, 6.45) is 0. The van der Waals surface area contributed by atoms with Crippen molar-refractivity contribution < 1.29 is 0 Å². The molecule has 0 unspecified atom stereocenters. The Morgan fingerprint density at radius 3 is 0.427 bits per heavy atom. The second kappa shape index (κ2) is 32.4. The lowest BCUT2D eigenvalue weighted by molar-refractivity contribution is 0.263. The Balaban J connectivity index is 1.57. The molecule has 0 bridgehead atoms. The van der Waals surface area contributed by atoms with Gasteiger partial charge < -0.3 is 0 Å². The van der Waals surface area contributed by atoms with Crippen LogP contribution >= 0.6 is 7.87 Å². The predicted octanol–water partition coefficient (Wildman–Crippen LogP) is 27.4. The minimum Gasteiger partial charge on any atom is -0.119 e. The normalized spacial score (nSPS) is 19.0. The highest BCUT2D eigenvalue weighted by atomic mass is 31.2. The summed E-state index contributed by atoms with van der Waals surface area (Å²) in [7, 11) is -21.3. The van der Waals surface area contributed by atoms with Gasteiger partial charge in [0, 0.05) is 0 Å². The van der Waals surface area contributed by atoms with Crippen LogP contribution < -0.4 is 41.5 Å². The van der Waals surface area contributed by atoms with E-state index in [1.807, 2.05) is 0 Å². The van der Waals surface area contributed by atoms with Crippen molar-refractivity contribution in [3.05, 3.63) is 239 Å². The van der Waals surface area contributed by atoms with Gasteiger partial charge in [0.1, 0.15) is 0 Å². The molecule has 117 heavy (non-hydrogen) atoms. The number of hydrogen-bond acceptors (Lipinski definition) is 4. The van der Waals surface area contributed by atoms with Crippen molar-refractivity contribution in [1.29, 1.82) is 0 Å². The maximum atomic E-state index is 3.35. The molecule has 4 atom stereocenters. The first-order chi connectivity index (χ1) is 53.1. The quantitative estimate of drug-likeness (QED) is 0.0557. The lowest BCUT2D eigenvalue weighted by Gasteiger charge is -2.45. The Bertz CT molecular complexity index is 4010. The Labute approximate surface area is 727 Å². The monoisotopic (exact) mass is 1720 g/mol. The summed E-state index contributed by atoms with van der Waals surface area (Å²) in [4.78, 5) is 0. The van der Waals surface area contributed by atoms with E-state index in [-0.39, 0.29) is 64.5 Å². The average Bonchev–Trinajstić information content (AvgIpc) is 1.50. The van der Waals surface area contributed by atoms with Crippen molar-refractivity contribution >= 4 is 114 Å². The lowest BCUT2D eigenvalue weighted by atomic mass is 9.92. The number of nitrogens with zero attached hydrogens (tertiary/aromatic N) is 4. The molecule has 2 fully saturated rings. The standard InChI is InChI=1S/C104H164N4PSi8/c1-97(2,3)110(25,26)85-61-77(62-86(69-85)111(27,28)98(4,5)6)73-105-93(81-53-45-41-46-54-81)94(82-55-47-42-48-56-82)106(74-78-63-87(112(29,30)99(7,8)9)70-88(64-78)113(31,32)100(10,11)12)109(105)107(75-79-65-89(114(33,34)101(13,14)15)71-90(66-79)115(35,36)102(16,17)18)95(83-57-49-43-50-58-83)96(84-59-51-44-52-60-84)108(109)76-80-67-91(116(37,38)103(19,20)21)72-92(68-80)117(39,40)104(22,23)24/h41-72,93-96H,73-76H2,1-40H3/q+1/t93-,94-,95-,96-/m1/s1. The zero-order valence-electron chi connectivity index (χ0n) is 81.8. The van der Waals surface area contributed by atoms with Crippen LogP contribution in [0.3, 0.4) is 0 Å². The highest BCUT2D eigenvalue weighted by Gasteiger charge is 2.79. The number of benzene rings is 8. The molecule has 2 aliphatic rings. The van der Waals surface area contributed by atoms with E-state index >= 15 is 0 Å². The molecule has 8 aromatic rings. The zero-order valence-corrected chi connectivity index (χ0v) is 90.7. The summed E-state index contributed by atoms with van der Waals surface area (Å²) in [6, 6.07) is 81.9. The maximum Gasteiger partial charge on any atom is 0.312 e. The molecule has 0 amide bonds. The van der Waals surface area contributed by atoms with E-state index in [4.69, 9.17) is 0 Å². The molecular formula is C104H164N4PSi8+. The largest absolute Gasteiger partial charge is 0.312 e. The first-order valence-electron chi connectivity index (χ1n) is 44.9. The first-order valence-corrected chi connectivity index (χ1v) is 70.5. The molecule has 0 aliphatic carbocycles. The molecule has 0 saturated carbocycles. The summed E-state index contributed by atoms with van der Waals surface area (Å²) in [5.41, 5.74) is 11.4. The molecule has 2 aliphatic heterocycles. The Morgan fingerprint density at radius 1 is 0.197 bits per heavy atom. The Morgan fingerprint density at radius 2 is 0.316 bits per heavy atom. The van der Waals surface area contributed by atoms with E-state index in [0.717, 1.165) is 26.2 Å². The maximum absolute atomic E-state index is 3.47. The summed E-state index contributed by atoms with van der Waals surface area (Å²) < 4.78 is 13.4. The highest BCUT2D eigenvalue weighted by Crippen LogP contribution is 2.88. The van der Waals surface area contributed by atoms with Crippen LogP contribution in [0.4, 0.5) is 0 Å². The number of rotatable bonds is 20. The minimum atomic E-state index is -3.47. The van der Waals surface area contributed by atoms with Gasteiger partial charge in [-0.2, -0.15) is 0 Å². The molecule has 13 heteroatoms. The summed E-state index contributed by atoms with van der Waals surface area (Å²) in [5, 5.41) is 13.5. The third-order valence-electron chi connectivity index (χ3n) is 33.9. The molecule has 636 valence electrons. The Kier molecular flexibility index (Phi) is 26.3. The van der Waals surface area contributed by atoms with E-state index in [2.05, 4.69) is 484 Å². The van der Waals surface area contributed by atoms with Crippen molar-refractivity contribution in [3.8, 4) is 0 Å². The third kappa shape index (κ3) is 17.7. The van der Waals surface area contributed by atoms with Gasteiger partial charge in [0.05, 0.1) is 115 Å². The smallest absolute Gasteiger partial charge is 0.119 e. The fourth-order valence-corrected chi connectivity index (χ4v) is 38.8. The van der Waals surface area contributed by atoms with Crippen LogP contribution in [-0.2, 0) is 26.2 Å². The molecule has 0 radical (unpaired) electrons. The van der Waals surface area contributed by atoms with Crippen LogP contribution in [0, 0.1) is 0 Å². The van der Waals surface area contributed by atoms with Gasteiger partial charge in [0.25, 0.3) is 0 Å². The Hall–Kier alpha value is -4.23. The van der Waals surface area contributed by atoms with Gasteiger partial charge in [0.15, 0.2) is 0 Å². The van der Waals surface area contributed by atoms with Crippen LogP contribution in [-0.4, -0.2) is 83.3 Å². The molecule has 10 rings (SSSR count). The molecule has 2 saturated heterocycles. The van der Waals surface area contributed by atoms with E-state index < -0.39 is 72.5 Å². The lowest BCUT2D eigenvalue weighted by Crippen LogP contribution is -2.55. The fraction of sp³-hybridized carbons (Fsp3) is 0.538. The first kappa shape index (κ1) is 95.0. The van der Waals surface area contributed by atoms with Crippen LogP contribution in [0.2, 0.25) is 145 Å². The van der Waals surface area contributed by atoms with Gasteiger partial charge in [-0.25, -0.2) is 0 Å². The molecule has 1 spiro atoms. The highest BCUT2D eigenvalue weighted by molar-refractivity contribution is 7.67. The van der Waals surface area contributed by atoms with E-state index in [0.29, 0.717) is 0 Å². The molecular weight excluding hydrogens is 1560 g/mol. The SMILES string of the molecule is CC(C)(C)[Si](C)(C)c1cc(CN2[C@H](c3ccccc3)[C@@H](c3ccccc3)N(Cc3cc([Si](C)(C)C(C)(C)C)cc([Si](C)(C)C(C)(C)C)c3)[P+]23N(Cc2cc([Si](C)(C)C(C)(C)C)cc([Si](C)(C)C(C)(C)C)c2)[C@H](c2ccccc2)[C@@H](c2ccccc2)N3Cc2cc([Si](C)(C)C(C)(C)C)cc([Si](C)(C)C(C)(C)C)c2)cc([Si](C)(C)C(C)(C)C)c1. The summed E-state index contributed by atoms with van der Waals surface area (Å²) in [6.45, 7) is 107. The second-order valence-electron chi connectivity index (χ2n) is 49.0. The van der Waals surface area contributed by atoms with Crippen LogP contribution in [0.25, 0.3) is 0 Å². The van der Waals surface area contributed by atoms with Crippen molar-refractivity contribution in [2.45, 2.75) is 362 Å². The summed E-state index contributed by atoms with van der Waals surface area (Å²) >= 11 is 0. The second-order valence-corrected chi connectivity index (χ2v) is 94.8. The van der Waals surface area contributed by atoms with Gasteiger partial charge >= 0.3 is 7.87 Å². The van der Waals surface area contributed by atoms with E-state index in [9.17, 15) is 0 Å².